The molecule has 0 saturated heterocycles. The van der Waals surface area contributed by atoms with Crippen LogP contribution >= 0.6 is 12.6 Å². The fourth-order valence-electron chi connectivity index (χ4n) is 0.547. The maximum atomic E-state index is 12.5. The zero-order valence-corrected chi connectivity index (χ0v) is 6.79. The standard InChI is InChI=1S/C6H6FNS.ClH/c7-4-2-1-3-5(9)6(4)8;/h1-3,9H,8H2;1H. The molecule has 0 radical (unpaired) electrons. The van der Waals surface area contributed by atoms with Crippen LogP contribution in [0.15, 0.2) is 23.1 Å². The van der Waals surface area contributed by atoms with Crippen molar-refractivity contribution in [1.29, 1.82) is 0 Å². The zero-order valence-electron chi connectivity index (χ0n) is 5.14. The van der Waals surface area contributed by atoms with E-state index in [1.807, 2.05) is 0 Å². The summed E-state index contributed by atoms with van der Waals surface area (Å²) in [6.07, 6.45) is 0. The topological polar surface area (TPSA) is 27.6 Å². The lowest BCUT2D eigenvalue weighted by Gasteiger charge is -1.92. The van der Waals surface area contributed by atoms with Crippen LogP contribution in [0.1, 0.15) is 0 Å². The van der Waals surface area contributed by atoms with E-state index in [1.165, 1.54) is 6.07 Å². The van der Waals surface area contributed by atoms with Crippen molar-refractivity contribution < 1.29 is 22.5 Å². The molecule has 0 heterocycles. The number of hydrogen-bond donors (Lipinski definition) is 2. The minimum Gasteiger partial charge on any atom is -1.00 e. The van der Waals surface area contributed by atoms with Gasteiger partial charge in [-0.3, -0.25) is 0 Å². The number of thiol groups is 1. The molecule has 0 unspecified atom stereocenters. The lowest BCUT2D eigenvalue weighted by Crippen LogP contribution is -3.00. The van der Waals surface area contributed by atoms with E-state index >= 15 is 0 Å². The zero-order chi connectivity index (χ0) is 6.85. The Morgan fingerprint density at radius 3 is 2.40 bits per heavy atom. The summed E-state index contributed by atoms with van der Waals surface area (Å²) in [5.41, 5.74) is 3.83. The van der Waals surface area contributed by atoms with Crippen molar-refractivity contribution in [3.63, 3.8) is 0 Å². The normalized spacial score (nSPS) is 8.70. The summed E-state index contributed by atoms with van der Waals surface area (Å²) in [6.45, 7) is 0. The first-order valence-electron chi connectivity index (χ1n) is 2.51. The van der Waals surface area contributed by atoms with Gasteiger partial charge in [-0.2, -0.15) is 0 Å². The smallest absolute Gasteiger partial charge is 0.184 e. The predicted molar refractivity (Wildman–Crippen MR) is 36.2 cm³/mol. The van der Waals surface area contributed by atoms with E-state index in [0.29, 0.717) is 10.6 Å². The second kappa shape index (κ2) is 3.81. The van der Waals surface area contributed by atoms with Crippen LogP contribution in [0, 0.1) is 5.82 Å². The molecule has 56 valence electrons. The van der Waals surface area contributed by atoms with Crippen molar-refractivity contribution in [3.05, 3.63) is 24.0 Å². The van der Waals surface area contributed by atoms with Crippen LogP contribution in [0.3, 0.4) is 0 Å². The molecule has 0 aliphatic carbocycles. The predicted octanol–water partition coefficient (Wildman–Crippen LogP) is -2.01. The molecule has 3 N–H and O–H groups in total. The maximum Gasteiger partial charge on any atom is 0.184 e. The van der Waals surface area contributed by atoms with E-state index in [9.17, 15) is 4.39 Å². The van der Waals surface area contributed by atoms with Gasteiger partial charge >= 0.3 is 0 Å². The highest BCUT2D eigenvalue weighted by Gasteiger charge is 2.02. The van der Waals surface area contributed by atoms with Gasteiger partial charge in [-0.25, -0.2) is 4.39 Å². The summed E-state index contributed by atoms with van der Waals surface area (Å²) in [6, 6.07) is 4.67. The summed E-state index contributed by atoms with van der Waals surface area (Å²) >= 11 is 3.97. The highest BCUT2D eigenvalue weighted by atomic mass is 35.5. The number of hydrogen-bond acceptors (Lipinski definition) is 1. The van der Waals surface area contributed by atoms with Gasteiger partial charge in [-0.15, -0.1) is 12.6 Å². The van der Waals surface area contributed by atoms with Crippen molar-refractivity contribution in [1.82, 2.24) is 0 Å². The van der Waals surface area contributed by atoms with Crippen LogP contribution in [0.25, 0.3) is 0 Å². The van der Waals surface area contributed by atoms with E-state index in [-0.39, 0.29) is 18.2 Å². The number of benzene rings is 1. The number of rotatable bonds is 0. The van der Waals surface area contributed by atoms with Crippen molar-refractivity contribution in [3.8, 4) is 0 Å². The van der Waals surface area contributed by atoms with Gasteiger partial charge in [0, 0.05) is 0 Å². The third-order valence-corrected chi connectivity index (χ3v) is 1.51. The SMILES string of the molecule is [Cl-].[NH3+]c1c(F)cccc1S. The molecule has 0 aliphatic rings. The highest BCUT2D eigenvalue weighted by molar-refractivity contribution is 7.80. The van der Waals surface area contributed by atoms with Crippen molar-refractivity contribution >= 4 is 18.3 Å². The summed E-state index contributed by atoms with van der Waals surface area (Å²) in [5.74, 6) is -0.303. The molecule has 0 bridgehead atoms. The molecule has 1 nitrogen and oxygen atoms in total. The number of quaternary nitrogens is 1. The quantitative estimate of drug-likeness (QED) is 0.431. The molecule has 1 aromatic carbocycles. The Morgan fingerprint density at radius 1 is 1.40 bits per heavy atom. The summed E-state index contributed by atoms with van der Waals surface area (Å²) in [5, 5.41) is 0. The lowest BCUT2D eigenvalue weighted by molar-refractivity contribution is -0.262. The second-order valence-corrected chi connectivity index (χ2v) is 2.22. The minimum absolute atomic E-state index is 0. The molecule has 1 aromatic rings. The second-order valence-electron chi connectivity index (χ2n) is 1.74. The van der Waals surface area contributed by atoms with Crippen LogP contribution < -0.4 is 18.1 Å². The molecule has 0 saturated carbocycles. The number of halogens is 2. The molecule has 0 aromatic heterocycles. The van der Waals surface area contributed by atoms with Crippen LogP contribution in [0.2, 0.25) is 0 Å². The summed E-state index contributed by atoms with van der Waals surface area (Å²) < 4.78 is 12.5. The fraction of sp³-hybridized carbons (Fsp3) is 0. The molecule has 10 heavy (non-hydrogen) atoms. The largest absolute Gasteiger partial charge is 1.00 e. The average molecular weight is 180 g/mol. The minimum atomic E-state index is -0.303. The van der Waals surface area contributed by atoms with E-state index in [2.05, 4.69) is 18.4 Å². The van der Waals surface area contributed by atoms with Gasteiger partial charge in [0.15, 0.2) is 11.5 Å². The van der Waals surface area contributed by atoms with Crippen LogP contribution in [0.4, 0.5) is 10.1 Å². The maximum absolute atomic E-state index is 12.5. The molecule has 0 aliphatic heterocycles. The van der Waals surface area contributed by atoms with E-state index in [0.717, 1.165) is 0 Å². The average Bonchev–Trinajstić information content (AvgIpc) is 1.83. The van der Waals surface area contributed by atoms with Crippen LogP contribution in [-0.2, 0) is 0 Å². The van der Waals surface area contributed by atoms with Gasteiger partial charge in [0.25, 0.3) is 0 Å². The lowest BCUT2D eigenvalue weighted by atomic mass is 10.3. The van der Waals surface area contributed by atoms with Gasteiger partial charge in [0.1, 0.15) is 0 Å². The third-order valence-electron chi connectivity index (χ3n) is 1.09. The Bertz CT molecular complexity index is 209. The summed E-state index contributed by atoms with van der Waals surface area (Å²) in [7, 11) is 0. The van der Waals surface area contributed by atoms with Crippen LogP contribution in [0.5, 0.6) is 0 Å². The van der Waals surface area contributed by atoms with Gasteiger partial charge < -0.3 is 18.1 Å². The Labute approximate surface area is 70.2 Å². The monoisotopic (exact) mass is 179 g/mol. The van der Waals surface area contributed by atoms with E-state index < -0.39 is 0 Å². The molecule has 0 atom stereocenters. The van der Waals surface area contributed by atoms with Crippen LogP contribution in [-0.4, -0.2) is 0 Å². The van der Waals surface area contributed by atoms with Crippen molar-refractivity contribution in [2.24, 2.45) is 0 Å². The van der Waals surface area contributed by atoms with Gasteiger partial charge in [-0.05, 0) is 12.1 Å². The third kappa shape index (κ3) is 1.87. The molecule has 0 spiro atoms. The first-order valence-corrected chi connectivity index (χ1v) is 2.96. The van der Waals surface area contributed by atoms with E-state index in [1.54, 1.807) is 12.1 Å². The van der Waals surface area contributed by atoms with Crippen molar-refractivity contribution in [2.75, 3.05) is 0 Å². The van der Waals surface area contributed by atoms with Crippen molar-refractivity contribution in [2.45, 2.75) is 4.90 Å². The van der Waals surface area contributed by atoms with Gasteiger partial charge in [0.2, 0.25) is 0 Å². The molecule has 1 rings (SSSR count). The Kier molecular flexibility index (Phi) is 3.71. The Balaban J connectivity index is 0.000000810. The summed E-state index contributed by atoms with van der Waals surface area (Å²) in [4.78, 5) is 0.593. The fourth-order valence-corrected chi connectivity index (χ4v) is 0.740. The molecule has 0 fully saturated rings. The molecule has 0 amide bonds. The Morgan fingerprint density at radius 2 is 2.00 bits per heavy atom. The van der Waals surface area contributed by atoms with E-state index in [4.69, 9.17) is 0 Å². The van der Waals surface area contributed by atoms with Gasteiger partial charge in [-0.1, -0.05) is 6.07 Å². The first-order chi connectivity index (χ1) is 4.22. The molecule has 4 heteroatoms. The highest BCUT2D eigenvalue weighted by Crippen LogP contribution is 2.16. The Hall–Kier alpha value is -0.250. The molecular weight excluding hydrogens is 173 g/mol. The van der Waals surface area contributed by atoms with Gasteiger partial charge in [0.05, 0.1) is 4.90 Å². The first kappa shape index (κ1) is 9.75. The molecular formula is C6H7ClFNS.